The molecule has 1 saturated heterocycles. The summed E-state index contributed by atoms with van der Waals surface area (Å²) < 4.78 is 6.96. The van der Waals surface area contributed by atoms with Crippen molar-refractivity contribution in [2.24, 2.45) is 0 Å². The summed E-state index contributed by atoms with van der Waals surface area (Å²) in [6.45, 7) is 5.15. The monoisotopic (exact) mass is 607 g/mol. The number of carbonyl (C=O) groups excluding carboxylic acids is 1. The number of nitrogens with zero attached hydrogens (tertiary/aromatic N) is 3. The Bertz CT molecular complexity index is 1720. The van der Waals surface area contributed by atoms with Crippen LogP contribution in [-0.4, -0.2) is 63.1 Å². The summed E-state index contributed by atoms with van der Waals surface area (Å²) >= 11 is 0. The Balaban J connectivity index is 1.24. The van der Waals surface area contributed by atoms with Crippen LogP contribution in [0.25, 0.3) is 16.8 Å². The standard InChI is InChI=1S/C37H41N3O5/c1-4-25-19-24(11-14-31(25)26-15-17-39(18-16-26)35(42)23(2)41)20-29-13-12-27-7-6-10-32(34(27)29)28-8-5-9-30(21-28)40-36(45-3)33(22-38-40)37(43)44/h5-11,14,19,21-23,26,29,41H,4,12-13,15-18,20H2,1-3H3,(H,43,44)/t23-,29-/m0/s1. The Morgan fingerprint density at radius 1 is 1.04 bits per heavy atom. The Morgan fingerprint density at radius 3 is 2.53 bits per heavy atom. The lowest BCUT2D eigenvalue weighted by molar-refractivity contribution is -0.140. The van der Waals surface area contributed by atoms with Gasteiger partial charge < -0.3 is 19.8 Å². The number of piperidine rings is 1. The number of aliphatic hydroxyl groups excluding tert-OH is 1. The molecule has 234 valence electrons. The fourth-order valence-corrected chi connectivity index (χ4v) is 7.36. The zero-order valence-electron chi connectivity index (χ0n) is 26.2. The van der Waals surface area contributed by atoms with E-state index in [1.54, 1.807) is 11.8 Å². The van der Waals surface area contributed by atoms with Crippen molar-refractivity contribution in [3.63, 3.8) is 0 Å². The lowest BCUT2D eigenvalue weighted by Gasteiger charge is -2.34. The van der Waals surface area contributed by atoms with Gasteiger partial charge in [0, 0.05) is 13.1 Å². The van der Waals surface area contributed by atoms with Crippen LogP contribution in [-0.2, 0) is 24.1 Å². The first-order valence-electron chi connectivity index (χ1n) is 16.0. The van der Waals surface area contributed by atoms with E-state index in [1.807, 2.05) is 12.1 Å². The van der Waals surface area contributed by atoms with Crippen LogP contribution >= 0.6 is 0 Å². The molecule has 2 heterocycles. The van der Waals surface area contributed by atoms with Gasteiger partial charge in [-0.25, -0.2) is 9.48 Å². The maximum absolute atomic E-state index is 12.3. The van der Waals surface area contributed by atoms with Gasteiger partial charge in [-0.05, 0) is 108 Å². The predicted molar refractivity (Wildman–Crippen MR) is 173 cm³/mol. The largest absolute Gasteiger partial charge is 0.480 e. The highest BCUT2D eigenvalue weighted by atomic mass is 16.5. The number of hydrogen-bond donors (Lipinski definition) is 2. The fraction of sp³-hybridized carbons (Fsp3) is 0.378. The Kier molecular flexibility index (Phi) is 8.76. The molecule has 1 aliphatic carbocycles. The molecule has 3 aromatic carbocycles. The number of benzene rings is 3. The van der Waals surface area contributed by atoms with Gasteiger partial charge in [0.1, 0.15) is 11.7 Å². The van der Waals surface area contributed by atoms with Gasteiger partial charge in [-0.1, -0.05) is 55.5 Å². The second-order valence-electron chi connectivity index (χ2n) is 12.3. The van der Waals surface area contributed by atoms with Crippen molar-refractivity contribution in [3.05, 3.63) is 100 Å². The highest BCUT2D eigenvalue weighted by molar-refractivity contribution is 5.90. The van der Waals surface area contributed by atoms with Crippen molar-refractivity contribution in [2.75, 3.05) is 20.2 Å². The van der Waals surface area contributed by atoms with Gasteiger partial charge in [-0.15, -0.1) is 0 Å². The minimum atomic E-state index is -1.08. The molecule has 2 aliphatic rings. The Labute approximate surface area is 264 Å². The summed E-state index contributed by atoms with van der Waals surface area (Å²) in [7, 11) is 1.46. The van der Waals surface area contributed by atoms with E-state index >= 15 is 0 Å². The number of hydrogen-bond acceptors (Lipinski definition) is 5. The van der Waals surface area contributed by atoms with E-state index in [-0.39, 0.29) is 17.4 Å². The van der Waals surface area contributed by atoms with E-state index in [4.69, 9.17) is 4.74 Å². The van der Waals surface area contributed by atoms with Crippen molar-refractivity contribution in [1.82, 2.24) is 14.7 Å². The average Bonchev–Trinajstić information content (AvgIpc) is 3.69. The van der Waals surface area contributed by atoms with Crippen molar-refractivity contribution >= 4 is 11.9 Å². The number of carbonyl (C=O) groups is 2. The number of rotatable bonds is 9. The van der Waals surface area contributed by atoms with Crippen LogP contribution in [0.4, 0.5) is 0 Å². The van der Waals surface area contributed by atoms with Gasteiger partial charge in [0.15, 0.2) is 0 Å². The third-order valence-electron chi connectivity index (χ3n) is 9.59. The van der Waals surface area contributed by atoms with E-state index < -0.39 is 12.1 Å². The van der Waals surface area contributed by atoms with Gasteiger partial charge in [0.05, 0.1) is 19.0 Å². The number of amides is 1. The van der Waals surface area contributed by atoms with E-state index in [9.17, 15) is 19.8 Å². The van der Waals surface area contributed by atoms with Gasteiger partial charge in [0.25, 0.3) is 5.91 Å². The summed E-state index contributed by atoms with van der Waals surface area (Å²) in [5.74, 6) is -0.228. The van der Waals surface area contributed by atoms with Gasteiger partial charge in [-0.3, -0.25) is 4.79 Å². The molecule has 8 nitrogen and oxygen atoms in total. The lowest BCUT2D eigenvalue weighted by Crippen LogP contribution is -2.42. The molecular formula is C37H41N3O5. The highest BCUT2D eigenvalue weighted by Crippen LogP contribution is 2.43. The molecular weight excluding hydrogens is 566 g/mol. The molecule has 6 rings (SSSR count). The second-order valence-corrected chi connectivity index (χ2v) is 12.3. The van der Waals surface area contributed by atoms with E-state index in [0.29, 0.717) is 24.9 Å². The summed E-state index contributed by atoms with van der Waals surface area (Å²) in [5, 5.41) is 23.6. The quantitative estimate of drug-likeness (QED) is 0.236. The number of aromatic carboxylic acids is 1. The number of carboxylic acid groups (broad SMARTS) is 1. The minimum absolute atomic E-state index is 0.0259. The molecule has 1 aromatic heterocycles. The van der Waals surface area contributed by atoms with Crippen LogP contribution in [0.3, 0.4) is 0 Å². The molecule has 0 spiro atoms. The summed E-state index contributed by atoms with van der Waals surface area (Å²) in [5.41, 5.74) is 9.95. The normalized spacial score (nSPS) is 17.2. The van der Waals surface area contributed by atoms with Crippen LogP contribution < -0.4 is 4.74 Å². The number of likely N-dealkylation sites (tertiary alicyclic amines) is 1. The second kappa shape index (κ2) is 12.9. The third kappa shape index (κ3) is 5.99. The van der Waals surface area contributed by atoms with E-state index in [0.717, 1.165) is 49.8 Å². The zero-order chi connectivity index (χ0) is 31.7. The van der Waals surface area contributed by atoms with E-state index in [2.05, 4.69) is 60.6 Å². The molecule has 0 unspecified atom stereocenters. The van der Waals surface area contributed by atoms with Gasteiger partial charge in [0.2, 0.25) is 5.88 Å². The van der Waals surface area contributed by atoms with Crippen molar-refractivity contribution in [2.45, 2.75) is 70.3 Å². The van der Waals surface area contributed by atoms with Crippen molar-refractivity contribution < 1.29 is 24.5 Å². The molecule has 1 fully saturated rings. The van der Waals surface area contributed by atoms with E-state index in [1.165, 1.54) is 51.4 Å². The molecule has 8 heteroatoms. The summed E-state index contributed by atoms with van der Waals surface area (Å²) in [6.07, 6.45) is 6.30. The predicted octanol–water partition coefficient (Wildman–Crippen LogP) is 6.17. The first kappa shape index (κ1) is 30.6. The maximum atomic E-state index is 12.3. The van der Waals surface area contributed by atoms with Crippen LogP contribution in [0.5, 0.6) is 5.88 Å². The highest BCUT2D eigenvalue weighted by Gasteiger charge is 2.29. The number of aromatic nitrogens is 2. The number of methoxy groups -OCH3 is 1. The number of aryl methyl sites for hydroxylation is 2. The van der Waals surface area contributed by atoms with Crippen molar-refractivity contribution in [1.29, 1.82) is 0 Å². The summed E-state index contributed by atoms with van der Waals surface area (Å²) in [6, 6.07) is 21.6. The SMILES string of the molecule is CCc1cc(C[C@@H]2CCc3cccc(-c4cccc(-n5ncc(C(=O)O)c5OC)c4)c32)ccc1C1CCN(C(=O)[C@H](C)O)CC1. The fourth-order valence-electron chi connectivity index (χ4n) is 7.36. The van der Waals surface area contributed by atoms with Crippen LogP contribution in [0, 0.1) is 0 Å². The molecule has 0 bridgehead atoms. The first-order valence-corrected chi connectivity index (χ1v) is 16.0. The van der Waals surface area contributed by atoms with Crippen molar-refractivity contribution in [3.8, 4) is 22.7 Å². The van der Waals surface area contributed by atoms with Crippen LogP contribution in [0.1, 0.15) is 83.1 Å². The Morgan fingerprint density at radius 2 is 1.82 bits per heavy atom. The topological polar surface area (TPSA) is 105 Å². The minimum Gasteiger partial charge on any atom is -0.480 e. The first-order chi connectivity index (χ1) is 21.8. The van der Waals surface area contributed by atoms with Gasteiger partial charge in [-0.2, -0.15) is 5.10 Å². The third-order valence-corrected chi connectivity index (χ3v) is 9.59. The van der Waals surface area contributed by atoms with Crippen LogP contribution in [0.2, 0.25) is 0 Å². The maximum Gasteiger partial charge on any atom is 0.342 e. The molecule has 4 aromatic rings. The van der Waals surface area contributed by atoms with Gasteiger partial charge >= 0.3 is 5.97 Å². The molecule has 2 N–H and O–H groups in total. The number of carboxylic acids is 1. The molecule has 0 radical (unpaired) electrons. The molecule has 0 saturated carbocycles. The zero-order valence-corrected chi connectivity index (χ0v) is 26.2. The van der Waals surface area contributed by atoms with Crippen LogP contribution in [0.15, 0.2) is 66.9 Å². The lowest BCUT2D eigenvalue weighted by atomic mass is 9.83. The molecule has 45 heavy (non-hydrogen) atoms. The smallest absolute Gasteiger partial charge is 0.342 e. The Hall–Kier alpha value is -4.43. The summed E-state index contributed by atoms with van der Waals surface area (Å²) in [4.78, 5) is 25.7. The molecule has 2 atom stereocenters. The number of aliphatic hydroxyl groups is 1. The molecule has 1 aliphatic heterocycles. The average molecular weight is 608 g/mol. The number of ether oxygens (including phenoxy) is 1. The number of fused-ring (bicyclic) bond motifs is 1. The molecule has 1 amide bonds.